The molecule has 1 N–H and O–H groups in total. The molecule has 0 fully saturated rings. The fourth-order valence-electron chi connectivity index (χ4n) is 2.77. The molecule has 7 nitrogen and oxygen atoms in total. The molecule has 2 aromatic rings. The van der Waals surface area contributed by atoms with Crippen molar-refractivity contribution >= 4 is 11.7 Å². The minimum atomic E-state index is -0.662. The third kappa shape index (κ3) is 2.88. The zero-order chi connectivity index (χ0) is 18.0. The van der Waals surface area contributed by atoms with Crippen molar-refractivity contribution in [3.63, 3.8) is 0 Å². The molecule has 1 atom stereocenters. The Morgan fingerprint density at radius 1 is 0.920 bits per heavy atom. The first-order valence-corrected chi connectivity index (χ1v) is 7.57. The average molecular weight is 345 g/mol. The van der Waals surface area contributed by atoms with E-state index in [9.17, 15) is 4.79 Å². The van der Waals surface area contributed by atoms with Gasteiger partial charge in [0.25, 0.3) is 0 Å². The Balaban J connectivity index is 1.97. The predicted octanol–water partition coefficient (Wildman–Crippen LogP) is 3.00. The maximum Gasteiger partial charge on any atom is 0.344 e. The lowest BCUT2D eigenvalue weighted by atomic mass is 10.1. The van der Waals surface area contributed by atoms with Crippen LogP contribution >= 0.6 is 0 Å². The van der Waals surface area contributed by atoms with Gasteiger partial charge in [0, 0.05) is 11.6 Å². The van der Waals surface area contributed by atoms with Crippen LogP contribution in [-0.4, -0.2) is 34.4 Å². The van der Waals surface area contributed by atoms with Gasteiger partial charge in [-0.3, -0.25) is 0 Å². The fourth-order valence-corrected chi connectivity index (χ4v) is 2.77. The smallest absolute Gasteiger partial charge is 0.344 e. The third-order valence-electron chi connectivity index (χ3n) is 3.98. The predicted molar refractivity (Wildman–Crippen MR) is 90.9 cm³/mol. The lowest BCUT2D eigenvalue weighted by Gasteiger charge is -2.17. The highest BCUT2D eigenvalue weighted by atomic mass is 16.6. The summed E-state index contributed by atoms with van der Waals surface area (Å²) >= 11 is 0. The summed E-state index contributed by atoms with van der Waals surface area (Å²) in [7, 11) is 6.14. The van der Waals surface area contributed by atoms with Gasteiger partial charge >= 0.3 is 5.97 Å². The summed E-state index contributed by atoms with van der Waals surface area (Å²) in [6.45, 7) is 0. The Morgan fingerprint density at radius 3 is 2.32 bits per heavy atom. The van der Waals surface area contributed by atoms with E-state index in [1.165, 1.54) is 14.2 Å². The first-order valence-electron chi connectivity index (χ1n) is 7.57. The Hall–Kier alpha value is -3.09. The van der Waals surface area contributed by atoms with E-state index in [0.717, 1.165) is 0 Å². The number of nitrogens with one attached hydrogen (secondary N) is 1. The molecule has 1 aliphatic rings. The van der Waals surface area contributed by atoms with Gasteiger partial charge in [-0.25, -0.2) is 4.79 Å². The van der Waals surface area contributed by atoms with Gasteiger partial charge in [-0.05, 0) is 24.3 Å². The highest BCUT2D eigenvalue weighted by Crippen LogP contribution is 2.43. The molecule has 2 aromatic carbocycles. The van der Waals surface area contributed by atoms with Crippen LogP contribution in [0.2, 0.25) is 0 Å². The SMILES string of the molecule is COc1ccc(NC2OC(=O)c3c2ccc(OC)c3OC)c(OC)c1. The van der Waals surface area contributed by atoms with Gasteiger partial charge in [-0.2, -0.15) is 0 Å². The van der Waals surface area contributed by atoms with E-state index < -0.39 is 12.2 Å². The average Bonchev–Trinajstić information content (AvgIpc) is 2.96. The van der Waals surface area contributed by atoms with Gasteiger partial charge in [-0.15, -0.1) is 0 Å². The van der Waals surface area contributed by atoms with E-state index in [0.29, 0.717) is 39.8 Å². The van der Waals surface area contributed by atoms with Crippen LogP contribution in [0.25, 0.3) is 0 Å². The molecule has 0 spiro atoms. The summed E-state index contributed by atoms with van der Waals surface area (Å²) in [4.78, 5) is 12.3. The molecule has 3 rings (SSSR count). The molecule has 0 aliphatic carbocycles. The molecule has 25 heavy (non-hydrogen) atoms. The maximum absolute atomic E-state index is 12.3. The number of rotatable bonds is 6. The number of cyclic esters (lactones) is 1. The summed E-state index contributed by atoms with van der Waals surface area (Å²) in [5.74, 6) is 1.59. The molecule has 7 heteroatoms. The third-order valence-corrected chi connectivity index (χ3v) is 3.98. The Kier molecular flexibility index (Phi) is 4.56. The zero-order valence-electron chi connectivity index (χ0n) is 14.4. The molecule has 0 saturated carbocycles. The van der Waals surface area contributed by atoms with Crippen LogP contribution in [0.1, 0.15) is 22.1 Å². The van der Waals surface area contributed by atoms with E-state index in [2.05, 4.69) is 5.32 Å². The normalized spacial score (nSPS) is 15.2. The van der Waals surface area contributed by atoms with Crippen molar-refractivity contribution in [2.45, 2.75) is 6.23 Å². The maximum atomic E-state index is 12.3. The van der Waals surface area contributed by atoms with E-state index in [1.807, 2.05) is 0 Å². The molecule has 0 bridgehead atoms. The number of esters is 1. The number of carbonyl (C=O) groups is 1. The quantitative estimate of drug-likeness (QED) is 0.807. The van der Waals surface area contributed by atoms with Crippen LogP contribution in [0.4, 0.5) is 5.69 Å². The van der Waals surface area contributed by atoms with Crippen molar-refractivity contribution in [1.82, 2.24) is 0 Å². The number of ether oxygens (including phenoxy) is 5. The Labute approximate surface area is 145 Å². The molecular formula is C18H19NO6. The number of anilines is 1. The monoisotopic (exact) mass is 345 g/mol. The molecule has 132 valence electrons. The van der Waals surface area contributed by atoms with Gasteiger partial charge in [0.05, 0.1) is 34.1 Å². The second-order valence-corrected chi connectivity index (χ2v) is 5.26. The molecule has 1 aliphatic heterocycles. The van der Waals surface area contributed by atoms with Crippen LogP contribution in [0.5, 0.6) is 23.0 Å². The number of carbonyl (C=O) groups excluding carboxylic acids is 1. The lowest BCUT2D eigenvalue weighted by molar-refractivity contribution is 0.0434. The highest BCUT2D eigenvalue weighted by Gasteiger charge is 2.36. The minimum absolute atomic E-state index is 0.354. The molecule has 0 aromatic heterocycles. The molecule has 1 heterocycles. The topological polar surface area (TPSA) is 75.3 Å². The molecule has 1 unspecified atom stereocenters. The lowest BCUT2D eigenvalue weighted by Crippen LogP contribution is -2.11. The van der Waals surface area contributed by atoms with Crippen molar-refractivity contribution < 1.29 is 28.5 Å². The molecule has 0 amide bonds. The van der Waals surface area contributed by atoms with Crippen molar-refractivity contribution in [1.29, 1.82) is 0 Å². The Morgan fingerprint density at radius 2 is 1.68 bits per heavy atom. The minimum Gasteiger partial charge on any atom is -0.497 e. The summed E-state index contributed by atoms with van der Waals surface area (Å²) in [6, 6.07) is 8.84. The zero-order valence-corrected chi connectivity index (χ0v) is 14.4. The van der Waals surface area contributed by atoms with Crippen LogP contribution in [-0.2, 0) is 4.74 Å². The van der Waals surface area contributed by atoms with Gasteiger partial charge in [0.1, 0.15) is 17.1 Å². The Bertz CT molecular complexity index is 804. The number of hydrogen-bond acceptors (Lipinski definition) is 7. The van der Waals surface area contributed by atoms with Gasteiger partial charge in [0.15, 0.2) is 11.5 Å². The van der Waals surface area contributed by atoms with E-state index >= 15 is 0 Å². The van der Waals surface area contributed by atoms with Crippen molar-refractivity contribution in [2.24, 2.45) is 0 Å². The first-order chi connectivity index (χ1) is 12.1. The van der Waals surface area contributed by atoms with Gasteiger partial charge < -0.3 is 29.0 Å². The van der Waals surface area contributed by atoms with E-state index in [4.69, 9.17) is 23.7 Å². The second kappa shape index (κ2) is 6.80. The molecule has 0 saturated heterocycles. The summed E-state index contributed by atoms with van der Waals surface area (Å²) < 4.78 is 26.6. The van der Waals surface area contributed by atoms with E-state index in [-0.39, 0.29) is 0 Å². The fraction of sp³-hybridized carbons (Fsp3) is 0.278. The largest absolute Gasteiger partial charge is 0.497 e. The number of fused-ring (bicyclic) bond motifs is 1. The van der Waals surface area contributed by atoms with Crippen LogP contribution in [0, 0.1) is 0 Å². The number of benzene rings is 2. The summed E-state index contributed by atoms with van der Waals surface area (Å²) in [6.07, 6.45) is -0.662. The van der Waals surface area contributed by atoms with Crippen LogP contribution < -0.4 is 24.3 Å². The highest BCUT2D eigenvalue weighted by molar-refractivity contribution is 5.98. The van der Waals surface area contributed by atoms with E-state index in [1.54, 1.807) is 44.6 Å². The van der Waals surface area contributed by atoms with Crippen molar-refractivity contribution in [2.75, 3.05) is 33.8 Å². The summed E-state index contributed by atoms with van der Waals surface area (Å²) in [5, 5.41) is 3.17. The van der Waals surface area contributed by atoms with Crippen LogP contribution in [0.15, 0.2) is 30.3 Å². The van der Waals surface area contributed by atoms with Gasteiger partial charge in [-0.1, -0.05) is 0 Å². The first kappa shape index (κ1) is 16.8. The molecule has 0 radical (unpaired) electrons. The second-order valence-electron chi connectivity index (χ2n) is 5.26. The van der Waals surface area contributed by atoms with Crippen molar-refractivity contribution in [3.8, 4) is 23.0 Å². The van der Waals surface area contributed by atoms with Crippen LogP contribution in [0.3, 0.4) is 0 Å². The van der Waals surface area contributed by atoms with Crippen molar-refractivity contribution in [3.05, 3.63) is 41.5 Å². The van der Waals surface area contributed by atoms with Gasteiger partial charge in [0.2, 0.25) is 6.23 Å². The number of methoxy groups -OCH3 is 4. The molecular weight excluding hydrogens is 326 g/mol. The summed E-state index contributed by atoms with van der Waals surface area (Å²) in [5.41, 5.74) is 1.69. The number of hydrogen-bond donors (Lipinski definition) is 1. The standard InChI is InChI=1S/C18H19NO6/c1-21-10-5-7-12(14(9-10)23-3)19-17-11-6-8-13(22-2)16(24-4)15(11)18(20)25-17/h5-9,17,19H,1-4H3.